The normalized spacial score (nSPS) is 10.5. The molecule has 0 spiro atoms. The SMILES string of the molecule is Cc1ccsc1CN(C)C(=O)c1cc(N)n[nH]1. The number of nitrogen functional groups attached to an aromatic ring is 1. The zero-order valence-corrected chi connectivity index (χ0v) is 10.5. The number of H-pyrrole nitrogens is 1. The predicted molar refractivity (Wildman–Crippen MR) is 67.9 cm³/mol. The first kappa shape index (κ1) is 11.7. The lowest BCUT2D eigenvalue weighted by Gasteiger charge is -2.15. The summed E-state index contributed by atoms with van der Waals surface area (Å²) in [5.41, 5.74) is 7.09. The molecule has 2 aromatic heterocycles. The Balaban J connectivity index is 2.08. The molecule has 0 aromatic carbocycles. The molecule has 2 aromatic rings. The molecule has 0 saturated carbocycles. The highest BCUT2D eigenvalue weighted by Crippen LogP contribution is 2.18. The van der Waals surface area contributed by atoms with Crippen LogP contribution in [-0.4, -0.2) is 28.1 Å². The average Bonchev–Trinajstić information content (AvgIpc) is 2.88. The van der Waals surface area contributed by atoms with Crippen molar-refractivity contribution >= 4 is 23.1 Å². The van der Waals surface area contributed by atoms with Crippen LogP contribution in [0.15, 0.2) is 17.5 Å². The maximum absolute atomic E-state index is 12.0. The molecule has 0 aliphatic rings. The lowest BCUT2D eigenvalue weighted by atomic mass is 10.2. The summed E-state index contributed by atoms with van der Waals surface area (Å²) in [7, 11) is 1.76. The van der Waals surface area contributed by atoms with Crippen LogP contribution in [0.2, 0.25) is 0 Å². The van der Waals surface area contributed by atoms with Crippen molar-refractivity contribution in [2.24, 2.45) is 0 Å². The molecule has 2 heterocycles. The first-order valence-electron chi connectivity index (χ1n) is 5.17. The van der Waals surface area contributed by atoms with Crippen molar-refractivity contribution in [3.8, 4) is 0 Å². The van der Waals surface area contributed by atoms with Gasteiger partial charge in [0, 0.05) is 18.0 Å². The largest absolute Gasteiger partial charge is 0.382 e. The van der Waals surface area contributed by atoms with Crippen molar-refractivity contribution < 1.29 is 4.79 Å². The summed E-state index contributed by atoms with van der Waals surface area (Å²) in [6.45, 7) is 2.64. The van der Waals surface area contributed by atoms with Gasteiger partial charge >= 0.3 is 0 Å². The van der Waals surface area contributed by atoms with Crippen LogP contribution in [0.4, 0.5) is 5.82 Å². The predicted octanol–water partition coefficient (Wildman–Crippen LogP) is 1.63. The minimum atomic E-state index is -0.109. The summed E-state index contributed by atoms with van der Waals surface area (Å²) < 4.78 is 0. The van der Waals surface area contributed by atoms with Gasteiger partial charge in [-0.2, -0.15) is 5.10 Å². The lowest BCUT2D eigenvalue weighted by Crippen LogP contribution is -2.26. The summed E-state index contributed by atoms with van der Waals surface area (Å²) in [4.78, 5) is 14.8. The molecule has 0 unspecified atom stereocenters. The number of aromatic amines is 1. The highest BCUT2D eigenvalue weighted by atomic mass is 32.1. The van der Waals surface area contributed by atoms with Crippen LogP contribution in [0.5, 0.6) is 0 Å². The zero-order valence-electron chi connectivity index (χ0n) is 9.73. The number of nitrogens with two attached hydrogens (primary N) is 1. The maximum Gasteiger partial charge on any atom is 0.272 e. The van der Waals surface area contributed by atoms with Crippen molar-refractivity contribution in [3.63, 3.8) is 0 Å². The number of aromatic nitrogens is 2. The van der Waals surface area contributed by atoms with Gasteiger partial charge in [0.15, 0.2) is 0 Å². The van der Waals surface area contributed by atoms with Crippen molar-refractivity contribution in [1.29, 1.82) is 0 Å². The summed E-state index contributed by atoms with van der Waals surface area (Å²) in [6.07, 6.45) is 0. The van der Waals surface area contributed by atoms with Crippen LogP contribution >= 0.6 is 11.3 Å². The Bertz CT molecular complexity index is 531. The number of nitrogens with one attached hydrogen (secondary N) is 1. The highest BCUT2D eigenvalue weighted by molar-refractivity contribution is 7.10. The van der Waals surface area contributed by atoms with Gasteiger partial charge in [0.1, 0.15) is 11.5 Å². The molecule has 90 valence electrons. The molecule has 0 radical (unpaired) electrons. The topological polar surface area (TPSA) is 75.0 Å². The first-order chi connectivity index (χ1) is 8.08. The van der Waals surface area contributed by atoms with Gasteiger partial charge < -0.3 is 10.6 Å². The fourth-order valence-electron chi connectivity index (χ4n) is 1.51. The van der Waals surface area contributed by atoms with E-state index in [0.717, 1.165) is 0 Å². The average molecular weight is 250 g/mol. The van der Waals surface area contributed by atoms with Gasteiger partial charge in [-0.1, -0.05) is 0 Å². The van der Waals surface area contributed by atoms with Crippen molar-refractivity contribution in [3.05, 3.63) is 33.6 Å². The highest BCUT2D eigenvalue weighted by Gasteiger charge is 2.15. The molecule has 17 heavy (non-hydrogen) atoms. The summed E-state index contributed by atoms with van der Waals surface area (Å²) in [6, 6.07) is 3.59. The number of anilines is 1. The molecule has 1 amide bonds. The molecule has 6 heteroatoms. The fourth-order valence-corrected chi connectivity index (χ4v) is 2.46. The summed E-state index contributed by atoms with van der Waals surface area (Å²) >= 11 is 1.65. The molecule has 5 nitrogen and oxygen atoms in total. The first-order valence-corrected chi connectivity index (χ1v) is 6.05. The van der Waals surface area contributed by atoms with E-state index in [9.17, 15) is 4.79 Å². The van der Waals surface area contributed by atoms with Gasteiger partial charge in [-0.3, -0.25) is 9.89 Å². The molecular weight excluding hydrogens is 236 g/mol. The Morgan fingerprint density at radius 3 is 2.94 bits per heavy atom. The number of carbonyl (C=O) groups is 1. The number of rotatable bonds is 3. The third-order valence-electron chi connectivity index (χ3n) is 2.52. The number of thiophene rings is 1. The molecule has 0 atom stereocenters. The second-order valence-corrected chi connectivity index (χ2v) is 4.90. The van der Waals surface area contributed by atoms with Gasteiger partial charge in [-0.25, -0.2) is 0 Å². The van der Waals surface area contributed by atoms with E-state index in [2.05, 4.69) is 10.2 Å². The van der Waals surface area contributed by atoms with Crippen molar-refractivity contribution in [2.45, 2.75) is 13.5 Å². The minimum Gasteiger partial charge on any atom is -0.382 e. The number of carbonyl (C=O) groups excluding carboxylic acids is 1. The van der Waals surface area contributed by atoms with E-state index in [1.54, 1.807) is 29.4 Å². The second kappa shape index (κ2) is 4.58. The maximum atomic E-state index is 12.0. The molecule has 3 N–H and O–H groups in total. The molecule has 2 rings (SSSR count). The smallest absolute Gasteiger partial charge is 0.272 e. The minimum absolute atomic E-state index is 0.109. The van der Waals surface area contributed by atoms with Crippen LogP contribution in [0.25, 0.3) is 0 Å². The number of nitrogens with zero attached hydrogens (tertiary/aromatic N) is 2. The quantitative estimate of drug-likeness (QED) is 0.869. The summed E-state index contributed by atoms with van der Waals surface area (Å²) in [5.74, 6) is 0.219. The number of hydrogen-bond acceptors (Lipinski definition) is 4. The van der Waals surface area contributed by atoms with E-state index >= 15 is 0 Å². The van der Waals surface area contributed by atoms with Gasteiger partial charge in [0.05, 0.1) is 6.54 Å². The van der Waals surface area contributed by atoms with E-state index in [1.165, 1.54) is 10.4 Å². The van der Waals surface area contributed by atoms with Crippen LogP contribution in [0, 0.1) is 6.92 Å². The Kier molecular flexibility index (Phi) is 3.14. The van der Waals surface area contributed by atoms with Crippen LogP contribution in [0.1, 0.15) is 20.9 Å². The molecule has 0 bridgehead atoms. The second-order valence-electron chi connectivity index (χ2n) is 3.89. The molecule has 0 saturated heterocycles. The molecule has 0 aliphatic heterocycles. The standard InChI is InChI=1S/C11H14N4OS/c1-7-3-4-17-9(7)6-15(2)11(16)8-5-10(12)14-13-8/h3-5H,6H2,1-2H3,(H3,12,13,14). The van der Waals surface area contributed by atoms with E-state index < -0.39 is 0 Å². The molecule has 0 aliphatic carbocycles. The molecule has 0 fully saturated rings. The lowest BCUT2D eigenvalue weighted by molar-refractivity contribution is 0.0780. The van der Waals surface area contributed by atoms with Crippen LogP contribution in [0.3, 0.4) is 0 Å². The Morgan fingerprint density at radius 2 is 2.41 bits per heavy atom. The van der Waals surface area contributed by atoms with Crippen molar-refractivity contribution in [2.75, 3.05) is 12.8 Å². The van der Waals surface area contributed by atoms with E-state index in [-0.39, 0.29) is 5.91 Å². The number of aryl methyl sites for hydroxylation is 1. The van der Waals surface area contributed by atoms with Crippen molar-refractivity contribution in [1.82, 2.24) is 15.1 Å². The van der Waals surface area contributed by atoms with E-state index in [1.807, 2.05) is 18.4 Å². The van der Waals surface area contributed by atoms with Gasteiger partial charge in [-0.05, 0) is 23.9 Å². The molecular formula is C11H14N4OS. The fraction of sp³-hybridized carbons (Fsp3) is 0.273. The number of amides is 1. The van der Waals surface area contributed by atoms with Gasteiger partial charge in [-0.15, -0.1) is 11.3 Å². The zero-order chi connectivity index (χ0) is 12.4. The van der Waals surface area contributed by atoms with E-state index in [0.29, 0.717) is 18.1 Å². The van der Waals surface area contributed by atoms with E-state index in [4.69, 9.17) is 5.73 Å². The Morgan fingerprint density at radius 1 is 1.65 bits per heavy atom. The van der Waals surface area contributed by atoms with Crippen LogP contribution in [-0.2, 0) is 6.54 Å². The van der Waals surface area contributed by atoms with Gasteiger partial charge in [0.2, 0.25) is 0 Å². The Labute approximate surface area is 103 Å². The summed E-state index contributed by atoms with van der Waals surface area (Å²) in [5, 5.41) is 8.39. The van der Waals surface area contributed by atoms with Gasteiger partial charge in [0.25, 0.3) is 5.91 Å². The third kappa shape index (κ3) is 2.47. The third-order valence-corrected chi connectivity index (χ3v) is 3.53. The van der Waals surface area contributed by atoms with Crippen LogP contribution < -0.4 is 5.73 Å². The number of hydrogen-bond donors (Lipinski definition) is 2. The monoisotopic (exact) mass is 250 g/mol. The Hall–Kier alpha value is -1.82.